The molecule has 1 fully saturated rings. The number of benzene rings is 1. The van der Waals surface area contributed by atoms with Crippen LogP contribution in [0.2, 0.25) is 0 Å². The molecule has 1 aliphatic heterocycles. The monoisotopic (exact) mass is 343 g/mol. The average Bonchev–Trinajstić information content (AvgIpc) is 3.01. The highest BCUT2D eigenvalue weighted by atomic mass is 35.5. The highest BCUT2D eigenvalue weighted by Crippen LogP contribution is 2.23. The van der Waals surface area contributed by atoms with Crippen LogP contribution in [-0.4, -0.2) is 39.1 Å². The van der Waals surface area contributed by atoms with Gasteiger partial charge >= 0.3 is 0 Å². The Morgan fingerprint density at radius 1 is 1.25 bits per heavy atom. The van der Waals surface area contributed by atoms with Crippen molar-refractivity contribution in [2.45, 2.75) is 12.6 Å². The number of hydrogen-bond donors (Lipinski definition) is 1. The Morgan fingerprint density at radius 3 is 2.96 bits per heavy atom. The van der Waals surface area contributed by atoms with Crippen molar-refractivity contribution in [2.24, 2.45) is 7.05 Å². The first-order chi connectivity index (χ1) is 11.3. The molecule has 0 radical (unpaired) electrons. The molecule has 126 valence electrons. The van der Waals surface area contributed by atoms with E-state index < -0.39 is 0 Å². The summed E-state index contributed by atoms with van der Waals surface area (Å²) in [5.41, 5.74) is 2.31. The summed E-state index contributed by atoms with van der Waals surface area (Å²) in [6.07, 6.45) is 5.89. The zero-order chi connectivity index (χ0) is 15.6. The van der Waals surface area contributed by atoms with Gasteiger partial charge in [0.05, 0.1) is 11.6 Å². The zero-order valence-electron chi connectivity index (χ0n) is 13.7. The molecular formula is C18H22ClN5. The third kappa shape index (κ3) is 3.29. The van der Waals surface area contributed by atoms with Crippen LogP contribution in [0.3, 0.4) is 0 Å². The second-order valence-electron chi connectivity index (χ2n) is 6.12. The molecule has 4 rings (SSSR count). The Morgan fingerprint density at radius 2 is 2.12 bits per heavy atom. The number of imidazole rings is 1. The van der Waals surface area contributed by atoms with Crippen LogP contribution in [0.5, 0.6) is 0 Å². The summed E-state index contributed by atoms with van der Waals surface area (Å²) in [7, 11) is 2.06. The van der Waals surface area contributed by atoms with Gasteiger partial charge in [-0.3, -0.25) is 9.88 Å². The highest BCUT2D eigenvalue weighted by molar-refractivity contribution is 5.85. The molecule has 1 aliphatic rings. The minimum Gasteiger partial charge on any atom is -0.337 e. The molecule has 1 aromatic carbocycles. The highest BCUT2D eigenvalue weighted by Gasteiger charge is 2.26. The maximum Gasteiger partial charge on any atom is 0.127 e. The number of nitrogens with one attached hydrogen (secondary N) is 1. The standard InChI is InChI=1S/C18H21N5.ClH/c1-22-8-7-20-18(22)17-12-19-6-9-23(17)13-14-10-15-4-2-3-5-16(15)21-11-14;/h2-5,7-8,10-11,17,19H,6,9,12-13H2,1H3;1H. The second kappa shape index (κ2) is 7.30. The van der Waals surface area contributed by atoms with Gasteiger partial charge in [-0.05, 0) is 17.7 Å². The molecule has 2 aromatic heterocycles. The number of aromatic nitrogens is 3. The normalized spacial score (nSPS) is 18.5. The van der Waals surface area contributed by atoms with Crippen molar-refractivity contribution in [3.63, 3.8) is 0 Å². The Balaban J connectivity index is 0.00000169. The number of pyridine rings is 1. The smallest absolute Gasteiger partial charge is 0.127 e. The first-order valence-corrected chi connectivity index (χ1v) is 8.07. The third-order valence-corrected chi connectivity index (χ3v) is 4.54. The second-order valence-corrected chi connectivity index (χ2v) is 6.12. The summed E-state index contributed by atoms with van der Waals surface area (Å²) in [6.45, 7) is 3.87. The fraction of sp³-hybridized carbons (Fsp3) is 0.333. The Kier molecular flexibility index (Phi) is 5.14. The lowest BCUT2D eigenvalue weighted by molar-refractivity contribution is 0.144. The fourth-order valence-electron chi connectivity index (χ4n) is 3.33. The Labute approximate surface area is 148 Å². The number of nitrogens with zero attached hydrogens (tertiary/aromatic N) is 4. The van der Waals surface area contributed by atoms with Crippen LogP contribution in [-0.2, 0) is 13.6 Å². The van der Waals surface area contributed by atoms with Crippen LogP contribution in [0.1, 0.15) is 17.4 Å². The maximum absolute atomic E-state index is 4.59. The van der Waals surface area contributed by atoms with E-state index in [4.69, 9.17) is 0 Å². The predicted molar refractivity (Wildman–Crippen MR) is 98.2 cm³/mol. The van der Waals surface area contributed by atoms with Gasteiger partial charge in [-0.1, -0.05) is 18.2 Å². The lowest BCUT2D eigenvalue weighted by atomic mass is 10.1. The molecule has 3 heterocycles. The molecule has 1 N–H and O–H groups in total. The maximum atomic E-state index is 4.59. The first-order valence-electron chi connectivity index (χ1n) is 8.07. The molecule has 5 nitrogen and oxygen atoms in total. The lowest BCUT2D eigenvalue weighted by Crippen LogP contribution is -2.46. The van der Waals surface area contributed by atoms with Gasteiger partial charge in [0.1, 0.15) is 5.82 Å². The Bertz CT molecular complexity index is 816. The molecule has 0 amide bonds. The molecule has 1 atom stereocenters. The van der Waals surface area contributed by atoms with Crippen molar-refractivity contribution in [2.75, 3.05) is 19.6 Å². The van der Waals surface area contributed by atoms with Gasteiger partial charge in [-0.25, -0.2) is 4.98 Å². The number of piperazine rings is 1. The van der Waals surface area contributed by atoms with Crippen molar-refractivity contribution in [3.05, 3.63) is 60.3 Å². The first kappa shape index (κ1) is 16.9. The van der Waals surface area contributed by atoms with Crippen molar-refractivity contribution < 1.29 is 0 Å². The van der Waals surface area contributed by atoms with E-state index in [-0.39, 0.29) is 12.4 Å². The number of halogens is 1. The number of para-hydroxylation sites is 1. The van der Waals surface area contributed by atoms with Crippen molar-refractivity contribution in [1.82, 2.24) is 24.8 Å². The van der Waals surface area contributed by atoms with Gasteiger partial charge < -0.3 is 9.88 Å². The van der Waals surface area contributed by atoms with E-state index in [2.05, 4.69) is 56.1 Å². The largest absolute Gasteiger partial charge is 0.337 e. The fourth-order valence-corrected chi connectivity index (χ4v) is 3.33. The molecule has 1 saturated heterocycles. The van der Waals surface area contributed by atoms with E-state index in [1.807, 2.05) is 24.7 Å². The minimum absolute atomic E-state index is 0. The van der Waals surface area contributed by atoms with Crippen LogP contribution < -0.4 is 5.32 Å². The molecule has 0 spiro atoms. The van der Waals surface area contributed by atoms with Crippen molar-refractivity contribution >= 4 is 23.3 Å². The lowest BCUT2D eigenvalue weighted by Gasteiger charge is -2.35. The third-order valence-electron chi connectivity index (χ3n) is 4.54. The van der Waals surface area contributed by atoms with E-state index in [0.29, 0.717) is 6.04 Å². The molecule has 6 heteroatoms. The van der Waals surface area contributed by atoms with Crippen LogP contribution >= 0.6 is 12.4 Å². The van der Waals surface area contributed by atoms with Crippen LogP contribution in [0, 0.1) is 0 Å². The predicted octanol–water partition coefficient (Wildman–Crippen LogP) is 2.54. The van der Waals surface area contributed by atoms with Crippen molar-refractivity contribution in [1.29, 1.82) is 0 Å². The summed E-state index contributed by atoms with van der Waals surface area (Å²) in [4.78, 5) is 11.6. The summed E-state index contributed by atoms with van der Waals surface area (Å²) < 4.78 is 2.11. The minimum atomic E-state index is 0. The molecule has 3 aromatic rings. The molecule has 0 bridgehead atoms. The molecule has 24 heavy (non-hydrogen) atoms. The number of hydrogen-bond acceptors (Lipinski definition) is 4. The van der Waals surface area contributed by atoms with Gasteiger partial charge in [0.2, 0.25) is 0 Å². The topological polar surface area (TPSA) is 46.0 Å². The van der Waals surface area contributed by atoms with E-state index in [1.54, 1.807) is 0 Å². The summed E-state index contributed by atoms with van der Waals surface area (Å²) in [5, 5.41) is 4.69. The summed E-state index contributed by atoms with van der Waals surface area (Å²) >= 11 is 0. The SMILES string of the molecule is Cl.Cn1ccnc1C1CNCCN1Cc1cnc2ccccc2c1. The molecule has 0 saturated carbocycles. The van der Waals surface area contributed by atoms with Crippen molar-refractivity contribution in [3.8, 4) is 0 Å². The van der Waals surface area contributed by atoms with Gasteiger partial charge in [0.25, 0.3) is 0 Å². The van der Waals surface area contributed by atoms with E-state index in [9.17, 15) is 0 Å². The van der Waals surface area contributed by atoms with E-state index in [1.165, 1.54) is 10.9 Å². The molecule has 0 aliphatic carbocycles. The summed E-state index contributed by atoms with van der Waals surface area (Å²) in [5.74, 6) is 1.12. The van der Waals surface area contributed by atoms with Gasteiger partial charge in [0, 0.05) is 57.2 Å². The molecule has 1 unspecified atom stereocenters. The Hall–Kier alpha value is -1.95. The van der Waals surface area contributed by atoms with E-state index in [0.717, 1.165) is 37.5 Å². The number of aryl methyl sites for hydroxylation is 1. The van der Waals surface area contributed by atoms with Gasteiger partial charge in [0.15, 0.2) is 0 Å². The zero-order valence-corrected chi connectivity index (χ0v) is 14.5. The average molecular weight is 344 g/mol. The van der Waals surface area contributed by atoms with Crippen LogP contribution in [0.4, 0.5) is 0 Å². The number of rotatable bonds is 3. The van der Waals surface area contributed by atoms with E-state index >= 15 is 0 Å². The number of fused-ring (bicyclic) bond motifs is 1. The van der Waals surface area contributed by atoms with Gasteiger partial charge in [-0.2, -0.15) is 0 Å². The quantitative estimate of drug-likeness (QED) is 0.794. The van der Waals surface area contributed by atoms with Crippen LogP contribution in [0.25, 0.3) is 10.9 Å². The molecular weight excluding hydrogens is 322 g/mol. The van der Waals surface area contributed by atoms with Gasteiger partial charge in [-0.15, -0.1) is 12.4 Å². The summed E-state index contributed by atoms with van der Waals surface area (Å²) in [6, 6.07) is 10.8. The van der Waals surface area contributed by atoms with Crippen LogP contribution in [0.15, 0.2) is 48.9 Å².